The molecule has 1 fully saturated rings. The average molecular weight is 225 g/mol. The van der Waals surface area contributed by atoms with E-state index in [1.807, 2.05) is 0 Å². The zero-order valence-electron chi connectivity index (χ0n) is 9.19. The van der Waals surface area contributed by atoms with Gasteiger partial charge in [0.25, 0.3) is 0 Å². The number of hydrogen-bond acceptors (Lipinski definition) is 4. The SMILES string of the molecule is CC1(O)CCN(C(=O)C(=O)NCC#N)CC1. The van der Waals surface area contributed by atoms with Gasteiger partial charge in [0.2, 0.25) is 0 Å². The molecule has 0 atom stereocenters. The van der Waals surface area contributed by atoms with Gasteiger partial charge in [-0.25, -0.2) is 0 Å². The van der Waals surface area contributed by atoms with E-state index in [1.165, 1.54) is 4.90 Å². The minimum Gasteiger partial charge on any atom is -0.390 e. The van der Waals surface area contributed by atoms with Crippen molar-refractivity contribution >= 4 is 11.8 Å². The number of rotatable bonds is 1. The van der Waals surface area contributed by atoms with Crippen LogP contribution in [0, 0.1) is 11.3 Å². The van der Waals surface area contributed by atoms with Gasteiger partial charge < -0.3 is 15.3 Å². The third-order valence-corrected chi connectivity index (χ3v) is 2.65. The fraction of sp³-hybridized carbons (Fsp3) is 0.700. The van der Waals surface area contributed by atoms with E-state index in [0.29, 0.717) is 25.9 Å². The summed E-state index contributed by atoms with van der Waals surface area (Å²) in [5, 5.41) is 20.1. The maximum absolute atomic E-state index is 11.5. The zero-order valence-corrected chi connectivity index (χ0v) is 9.19. The van der Waals surface area contributed by atoms with Crippen molar-refractivity contribution in [3.05, 3.63) is 0 Å². The molecule has 1 saturated heterocycles. The molecule has 0 saturated carbocycles. The molecular weight excluding hydrogens is 210 g/mol. The Morgan fingerprint density at radius 2 is 2.06 bits per heavy atom. The lowest BCUT2D eigenvalue weighted by molar-refractivity contribution is -0.148. The van der Waals surface area contributed by atoms with Crippen LogP contribution in [0.25, 0.3) is 0 Å². The first-order valence-electron chi connectivity index (χ1n) is 5.13. The van der Waals surface area contributed by atoms with E-state index in [1.54, 1.807) is 13.0 Å². The number of likely N-dealkylation sites (tertiary alicyclic amines) is 1. The second kappa shape index (κ2) is 4.94. The minimum atomic E-state index is -0.761. The van der Waals surface area contributed by atoms with Gasteiger partial charge in [-0.3, -0.25) is 9.59 Å². The summed E-state index contributed by atoms with van der Waals surface area (Å²) >= 11 is 0. The van der Waals surface area contributed by atoms with Crippen molar-refractivity contribution in [2.45, 2.75) is 25.4 Å². The van der Waals surface area contributed by atoms with E-state index in [-0.39, 0.29) is 6.54 Å². The van der Waals surface area contributed by atoms with Crippen molar-refractivity contribution in [2.75, 3.05) is 19.6 Å². The highest BCUT2D eigenvalue weighted by Gasteiger charge is 2.31. The molecule has 1 aliphatic heterocycles. The number of aliphatic hydroxyl groups is 1. The first-order chi connectivity index (χ1) is 7.46. The molecule has 0 spiro atoms. The van der Waals surface area contributed by atoms with Gasteiger partial charge in [-0.2, -0.15) is 5.26 Å². The monoisotopic (exact) mass is 225 g/mol. The summed E-state index contributed by atoms with van der Waals surface area (Å²) in [4.78, 5) is 24.2. The number of hydrogen-bond donors (Lipinski definition) is 2. The lowest BCUT2D eigenvalue weighted by Crippen LogP contribution is -2.50. The third-order valence-electron chi connectivity index (χ3n) is 2.65. The van der Waals surface area contributed by atoms with Crippen LogP contribution in [0.4, 0.5) is 0 Å². The molecule has 0 radical (unpaired) electrons. The third kappa shape index (κ3) is 3.21. The van der Waals surface area contributed by atoms with Crippen LogP contribution in [-0.2, 0) is 9.59 Å². The summed E-state index contributed by atoms with van der Waals surface area (Å²) in [5.74, 6) is -1.39. The molecule has 6 heteroatoms. The van der Waals surface area contributed by atoms with Crippen molar-refractivity contribution in [3.63, 3.8) is 0 Å². The zero-order chi connectivity index (χ0) is 12.2. The predicted molar refractivity (Wildman–Crippen MR) is 55.1 cm³/mol. The molecule has 0 aromatic rings. The molecule has 2 amide bonds. The van der Waals surface area contributed by atoms with Crippen molar-refractivity contribution < 1.29 is 14.7 Å². The first-order valence-corrected chi connectivity index (χ1v) is 5.13. The lowest BCUT2D eigenvalue weighted by atomic mass is 9.94. The Balaban J connectivity index is 2.45. The normalized spacial score (nSPS) is 18.7. The Kier molecular flexibility index (Phi) is 3.85. The van der Waals surface area contributed by atoms with Gasteiger partial charge in [-0.05, 0) is 19.8 Å². The summed E-state index contributed by atoms with van der Waals surface area (Å²) in [5.41, 5.74) is -0.750. The number of nitrogens with one attached hydrogen (secondary N) is 1. The number of amides is 2. The van der Waals surface area contributed by atoms with Crippen LogP contribution >= 0.6 is 0 Å². The van der Waals surface area contributed by atoms with Gasteiger partial charge in [0, 0.05) is 13.1 Å². The van der Waals surface area contributed by atoms with Gasteiger partial charge in [-0.15, -0.1) is 0 Å². The van der Waals surface area contributed by atoms with Gasteiger partial charge in [0.15, 0.2) is 0 Å². The molecule has 6 nitrogen and oxygen atoms in total. The quantitative estimate of drug-likeness (QED) is 0.442. The molecule has 0 aromatic heterocycles. The number of nitrogens with zero attached hydrogens (tertiary/aromatic N) is 2. The van der Waals surface area contributed by atoms with Crippen LogP contribution in [0.2, 0.25) is 0 Å². The molecule has 16 heavy (non-hydrogen) atoms. The fourth-order valence-corrected chi connectivity index (χ4v) is 1.53. The minimum absolute atomic E-state index is 0.171. The largest absolute Gasteiger partial charge is 0.390 e. The van der Waals surface area contributed by atoms with Crippen molar-refractivity contribution in [1.82, 2.24) is 10.2 Å². The Morgan fingerprint density at radius 1 is 1.50 bits per heavy atom. The smallest absolute Gasteiger partial charge is 0.311 e. The fourth-order valence-electron chi connectivity index (χ4n) is 1.53. The standard InChI is InChI=1S/C10H15N3O3/c1-10(16)2-6-13(7-3-10)9(15)8(14)12-5-4-11/h16H,2-3,5-7H2,1H3,(H,12,14). The molecule has 0 unspecified atom stereocenters. The van der Waals surface area contributed by atoms with Gasteiger partial charge in [0.05, 0.1) is 11.7 Å². The second-order valence-corrected chi connectivity index (χ2v) is 4.13. The van der Waals surface area contributed by atoms with Gasteiger partial charge in [0.1, 0.15) is 6.54 Å². The van der Waals surface area contributed by atoms with Crippen LogP contribution < -0.4 is 5.32 Å². The molecule has 1 rings (SSSR count). The number of nitriles is 1. The molecule has 1 heterocycles. The predicted octanol–water partition coefficient (Wildman–Crippen LogP) is -1.00. The summed E-state index contributed by atoms with van der Waals surface area (Å²) in [7, 11) is 0. The van der Waals surface area contributed by atoms with Crippen molar-refractivity contribution in [2.24, 2.45) is 0 Å². The number of piperidine rings is 1. The molecule has 0 aromatic carbocycles. The molecule has 1 aliphatic rings. The highest BCUT2D eigenvalue weighted by Crippen LogP contribution is 2.20. The Labute approximate surface area is 93.8 Å². The van der Waals surface area contributed by atoms with E-state index in [4.69, 9.17) is 5.26 Å². The van der Waals surface area contributed by atoms with E-state index in [0.717, 1.165) is 0 Å². The van der Waals surface area contributed by atoms with Crippen molar-refractivity contribution in [1.29, 1.82) is 5.26 Å². The van der Waals surface area contributed by atoms with E-state index in [9.17, 15) is 14.7 Å². The van der Waals surface area contributed by atoms with E-state index in [2.05, 4.69) is 5.32 Å². The number of carbonyl (C=O) groups is 2. The van der Waals surface area contributed by atoms with E-state index >= 15 is 0 Å². The number of carbonyl (C=O) groups excluding carboxylic acids is 2. The molecular formula is C10H15N3O3. The molecule has 88 valence electrons. The Hall–Kier alpha value is -1.61. The lowest BCUT2D eigenvalue weighted by Gasteiger charge is -2.35. The second-order valence-electron chi connectivity index (χ2n) is 4.13. The summed E-state index contributed by atoms with van der Waals surface area (Å²) in [6.45, 7) is 2.28. The van der Waals surface area contributed by atoms with Crippen LogP contribution in [0.15, 0.2) is 0 Å². The van der Waals surface area contributed by atoms with Crippen molar-refractivity contribution in [3.8, 4) is 6.07 Å². The van der Waals surface area contributed by atoms with Crippen LogP contribution in [0.5, 0.6) is 0 Å². The van der Waals surface area contributed by atoms with Gasteiger partial charge >= 0.3 is 11.8 Å². The molecule has 2 N–H and O–H groups in total. The molecule has 0 aliphatic carbocycles. The van der Waals surface area contributed by atoms with Crippen LogP contribution in [0.1, 0.15) is 19.8 Å². The highest BCUT2D eigenvalue weighted by molar-refractivity contribution is 6.35. The van der Waals surface area contributed by atoms with Crippen LogP contribution in [-0.4, -0.2) is 47.1 Å². The summed E-state index contributed by atoms with van der Waals surface area (Å²) < 4.78 is 0. The molecule has 0 bridgehead atoms. The summed E-state index contributed by atoms with van der Waals surface area (Å²) in [6.07, 6.45) is 0.925. The van der Waals surface area contributed by atoms with E-state index < -0.39 is 17.4 Å². The Morgan fingerprint density at radius 3 is 2.56 bits per heavy atom. The average Bonchev–Trinajstić information content (AvgIpc) is 2.25. The highest BCUT2D eigenvalue weighted by atomic mass is 16.3. The Bertz CT molecular complexity index is 323. The topological polar surface area (TPSA) is 93.4 Å². The first kappa shape index (κ1) is 12.5. The van der Waals surface area contributed by atoms with Crippen LogP contribution in [0.3, 0.4) is 0 Å². The maximum Gasteiger partial charge on any atom is 0.311 e. The maximum atomic E-state index is 11.5. The summed E-state index contributed by atoms with van der Waals surface area (Å²) in [6, 6.07) is 1.73. The van der Waals surface area contributed by atoms with Gasteiger partial charge in [-0.1, -0.05) is 0 Å².